The molecule has 0 spiro atoms. The molecule has 4 aromatic rings. The molecule has 0 unspecified atom stereocenters. The van der Waals surface area contributed by atoms with Crippen LogP contribution in [-0.2, 0) is 4.79 Å². The highest BCUT2D eigenvalue weighted by atomic mass is 35.5. The van der Waals surface area contributed by atoms with Gasteiger partial charge in [-0.25, -0.2) is 4.99 Å². The topological polar surface area (TPSA) is 67.2 Å². The zero-order valence-electron chi connectivity index (χ0n) is 16.1. The lowest BCUT2D eigenvalue weighted by atomic mass is 10.0. The molecule has 0 radical (unpaired) electrons. The largest absolute Gasteiger partial charge is 0.321 e. The fraction of sp³-hybridized carbons (Fsp3) is 0. The highest BCUT2D eigenvalue weighted by molar-refractivity contribution is 7.18. The van der Waals surface area contributed by atoms with Gasteiger partial charge in [-0.05, 0) is 24.3 Å². The number of benzene rings is 3. The average molecular weight is 443 g/mol. The second kappa shape index (κ2) is 8.26. The number of amides is 1. The lowest BCUT2D eigenvalue weighted by Gasteiger charge is -2.03. The van der Waals surface area contributed by atoms with Crippen LogP contribution in [0.2, 0.25) is 5.02 Å². The van der Waals surface area contributed by atoms with E-state index in [0.29, 0.717) is 21.4 Å². The Hall–Kier alpha value is -3.61. The molecule has 0 saturated carbocycles. The highest BCUT2D eigenvalue weighted by Crippen LogP contribution is 2.33. The molecule has 7 heteroatoms. The number of nitrogens with one attached hydrogen (secondary N) is 1. The van der Waals surface area contributed by atoms with E-state index < -0.39 is 0 Å². The summed E-state index contributed by atoms with van der Waals surface area (Å²) >= 11 is 7.35. The number of halogens is 1. The molecule has 1 amide bonds. The molecule has 3 aromatic carbocycles. The number of rotatable bonds is 4. The summed E-state index contributed by atoms with van der Waals surface area (Å²) in [6, 6.07) is 24.8. The Labute approximate surface area is 187 Å². The number of nitrogens with zero attached hydrogens (tertiary/aromatic N) is 3. The zero-order chi connectivity index (χ0) is 21.2. The van der Waals surface area contributed by atoms with E-state index in [2.05, 4.69) is 15.5 Å². The van der Waals surface area contributed by atoms with Crippen LogP contribution in [0.5, 0.6) is 0 Å². The van der Waals surface area contributed by atoms with Crippen molar-refractivity contribution in [1.82, 2.24) is 10.2 Å². The van der Waals surface area contributed by atoms with Gasteiger partial charge in [-0.15, -0.1) is 10.2 Å². The van der Waals surface area contributed by atoms with Crippen LogP contribution in [0.15, 0.2) is 89.9 Å². The highest BCUT2D eigenvalue weighted by Gasteiger charge is 2.24. The maximum absolute atomic E-state index is 12.6. The molecule has 0 saturated heterocycles. The Morgan fingerprint density at radius 3 is 2.48 bits per heavy atom. The van der Waals surface area contributed by atoms with Crippen molar-refractivity contribution in [2.45, 2.75) is 0 Å². The molecule has 0 atom stereocenters. The maximum Gasteiger partial charge on any atom is 0.256 e. The third-order valence-electron chi connectivity index (χ3n) is 4.78. The summed E-state index contributed by atoms with van der Waals surface area (Å²) in [7, 11) is 0. The second-order valence-corrected chi connectivity index (χ2v) is 8.21. The van der Waals surface area contributed by atoms with Crippen molar-refractivity contribution in [2.75, 3.05) is 5.32 Å². The fourth-order valence-corrected chi connectivity index (χ4v) is 4.14. The predicted molar refractivity (Wildman–Crippen MR) is 126 cm³/mol. The monoisotopic (exact) mass is 442 g/mol. The minimum atomic E-state index is -0.149. The first-order valence-corrected chi connectivity index (χ1v) is 10.7. The van der Waals surface area contributed by atoms with Gasteiger partial charge in [-0.3, -0.25) is 4.79 Å². The molecule has 1 N–H and O–H groups in total. The summed E-state index contributed by atoms with van der Waals surface area (Å²) in [5.74, 6) is -0.149. The Balaban J connectivity index is 1.58. The van der Waals surface area contributed by atoms with Crippen molar-refractivity contribution in [3.05, 3.63) is 101 Å². The standard InChI is InChI=1S/C24H15ClN4OS/c25-17-12-10-16(11-13-17)23-28-29-24(31-23)27-21(15-6-2-1-3-7-15)14-19-18-8-4-5-9-20(18)26-22(19)30/h1-14H,(H,26,30)/b19-14-,27-21-. The fourth-order valence-electron chi connectivity index (χ4n) is 3.28. The molecule has 150 valence electrons. The molecule has 1 aliphatic rings. The van der Waals surface area contributed by atoms with Gasteiger partial charge in [0.15, 0.2) is 0 Å². The number of anilines is 1. The summed E-state index contributed by atoms with van der Waals surface area (Å²) in [6.07, 6.45) is 1.81. The number of allylic oxidation sites excluding steroid dienone is 1. The first-order valence-electron chi connectivity index (χ1n) is 9.53. The Morgan fingerprint density at radius 1 is 0.935 bits per heavy atom. The Morgan fingerprint density at radius 2 is 1.68 bits per heavy atom. The van der Waals surface area contributed by atoms with Crippen molar-refractivity contribution >= 4 is 50.9 Å². The van der Waals surface area contributed by atoms with Gasteiger partial charge in [-0.1, -0.05) is 83.6 Å². The van der Waals surface area contributed by atoms with Gasteiger partial charge in [0.1, 0.15) is 5.01 Å². The van der Waals surface area contributed by atoms with Gasteiger partial charge in [-0.2, -0.15) is 0 Å². The van der Waals surface area contributed by atoms with Gasteiger partial charge in [0.2, 0.25) is 5.13 Å². The Kier molecular flexibility index (Phi) is 5.16. The Bertz CT molecular complexity index is 1330. The number of aliphatic imine (C=N–C) groups is 1. The smallest absolute Gasteiger partial charge is 0.256 e. The van der Waals surface area contributed by atoms with Crippen molar-refractivity contribution in [2.24, 2.45) is 4.99 Å². The van der Waals surface area contributed by atoms with E-state index in [-0.39, 0.29) is 5.91 Å². The first-order chi connectivity index (χ1) is 15.2. The number of hydrogen-bond acceptors (Lipinski definition) is 5. The summed E-state index contributed by atoms with van der Waals surface area (Å²) < 4.78 is 0. The van der Waals surface area contributed by atoms with Crippen LogP contribution < -0.4 is 5.32 Å². The normalized spacial score (nSPS) is 14.5. The van der Waals surface area contributed by atoms with Crippen molar-refractivity contribution in [1.29, 1.82) is 0 Å². The molecule has 1 aromatic heterocycles. The van der Waals surface area contributed by atoms with Crippen molar-refractivity contribution in [3.63, 3.8) is 0 Å². The average Bonchev–Trinajstić information content (AvgIpc) is 3.39. The van der Waals surface area contributed by atoms with E-state index >= 15 is 0 Å². The van der Waals surface area contributed by atoms with Crippen LogP contribution in [0.25, 0.3) is 16.1 Å². The minimum absolute atomic E-state index is 0.149. The van der Waals surface area contributed by atoms with Crippen LogP contribution in [0.4, 0.5) is 10.8 Å². The molecular formula is C24H15ClN4OS. The lowest BCUT2D eigenvalue weighted by Crippen LogP contribution is -2.06. The van der Waals surface area contributed by atoms with E-state index in [4.69, 9.17) is 16.6 Å². The second-order valence-electron chi connectivity index (χ2n) is 6.82. The van der Waals surface area contributed by atoms with E-state index in [9.17, 15) is 4.79 Å². The van der Waals surface area contributed by atoms with E-state index in [0.717, 1.165) is 27.4 Å². The van der Waals surface area contributed by atoms with Gasteiger partial charge >= 0.3 is 0 Å². The predicted octanol–water partition coefficient (Wildman–Crippen LogP) is 6.02. The van der Waals surface area contributed by atoms with Gasteiger partial charge < -0.3 is 5.32 Å². The summed E-state index contributed by atoms with van der Waals surface area (Å²) in [5, 5.41) is 13.3. The summed E-state index contributed by atoms with van der Waals surface area (Å²) in [5.41, 5.74) is 4.67. The van der Waals surface area contributed by atoms with Crippen molar-refractivity contribution in [3.8, 4) is 10.6 Å². The van der Waals surface area contributed by atoms with Crippen LogP contribution in [0, 0.1) is 0 Å². The molecule has 0 bridgehead atoms. The quantitative estimate of drug-likeness (QED) is 0.310. The van der Waals surface area contributed by atoms with E-state index in [1.54, 1.807) is 6.08 Å². The zero-order valence-corrected chi connectivity index (χ0v) is 17.7. The molecule has 0 fully saturated rings. The van der Waals surface area contributed by atoms with Crippen molar-refractivity contribution < 1.29 is 4.79 Å². The lowest BCUT2D eigenvalue weighted by molar-refractivity contribution is -0.110. The first kappa shape index (κ1) is 19.4. The maximum atomic E-state index is 12.6. The molecule has 31 heavy (non-hydrogen) atoms. The third-order valence-corrected chi connectivity index (χ3v) is 5.90. The number of fused-ring (bicyclic) bond motifs is 1. The number of para-hydroxylation sites is 1. The summed E-state index contributed by atoms with van der Waals surface area (Å²) in [6.45, 7) is 0. The molecular weight excluding hydrogens is 428 g/mol. The third kappa shape index (κ3) is 4.03. The van der Waals surface area contributed by atoms with Crippen LogP contribution in [0.1, 0.15) is 11.1 Å². The summed E-state index contributed by atoms with van der Waals surface area (Å²) in [4.78, 5) is 17.3. The minimum Gasteiger partial charge on any atom is -0.321 e. The van der Waals surface area contributed by atoms with Gasteiger partial charge in [0, 0.05) is 27.4 Å². The van der Waals surface area contributed by atoms with E-state index in [1.807, 2.05) is 78.9 Å². The number of aromatic nitrogens is 2. The molecule has 5 rings (SSSR count). The van der Waals surface area contributed by atoms with Gasteiger partial charge in [0.25, 0.3) is 5.91 Å². The van der Waals surface area contributed by atoms with Crippen LogP contribution in [-0.4, -0.2) is 21.8 Å². The van der Waals surface area contributed by atoms with E-state index in [1.165, 1.54) is 11.3 Å². The molecule has 0 aliphatic carbocycles. The number of carbonyl (C=O) groups is 1. The molecule has 1 aliphatic heterocycles. The van der Waals surface area contributed by atoms with Crippen LogP contribution >= 0.6 is 22.9 Å². The van der Waals surface area contributed by atoms with Gasteiger partial charge in [0.05, 0.1) is 11.3 Å². The number of carbonyl (C=O) groups excluding carboxylic acids is 1. The SMILES string of the molecule is O=C1Nc2ccccc2/C1=C/C(=N/c1nnc(-c2ccc(Cl)cc2)s1)c1ccccc1. The molecule has 5 nitrogen and oxygen atoms in total. The molecule has 2 heterocycles. The van der Waals surface area contributed by atoms with Crippen LogP contribution in [0.3, 0.4) is 0 Å². The number of hydrogen-bond donors (Lipinski definition) is 1.